The van der Waals surface area contributed by atoms with Gasteiger partial charge in [0.2, 0.25) is 5.91 Å². The van der Waals surface area contributed by atoms with E-state index in [2.05, 4.69) is 10.1 Å². The molecule has 0 saturated heterocycles. The quantitative estimate of drug-likeness (QED) is 0.566. The molecular formula is C8H17NO5S. The predicted octanol–water partition coefficient (Wildman–Crippen LogP) is -1.46. The van der Waals surface area contributed by atoms with Gasteiger partial charge >= 0.3 is 0 Å². The summed E-state index contributed by atoms with van der Waals surface area (Å²) in [5, 5.41) is 11.6. The van der Waals surface area contributed by atoms with Crippen molar-refractivity contribution >= 4 is 15.7 Å². The number of aliphatic hydroxyl groups is 1. The minimum atomic E-state index is -3.21. The van der Waals surface area contributed by atoms with Gasteiger partial charge in [-0.25, -0.2) is 8.42 Å². The van der Waals surface area contributed by atoms with Crippen molar-refractivity contribution in [2.24, 2.45) is 0 Å². The number of methoxy groups -OCH3 is 1. The van der Waals surface area contributed by atoms with E-state index in [1.165, 1.54) is 7.11 Å². The molecule has 0 aromatic carbocycles. The zero-order valence-corrected chi connectivity index (χ0v) is 9.71. The average molecular weight is 239 g/mol. The molecule has 0 aliphatic heterocycles. The number of rotatable bonds is 7. The van der Waals surface area contributed by atoms with Crippen molar-refractivity contribution in [2.45, 2.75) is 12.5 Å². The Hall–Kier alpha value is -0.660. The van der Waals surface area contributed by atoms with E-state index in [4.69, 9.17) is 0 Å². The molecule has 0 radical (unpaired) electrons. The van der Waals surface area contributed by atoms with E-state index in [9.17, 15) is 18.3 Å². The Balaban J connectivity index is 3.71. The number of hydrogen-bond donors (Lipinski definition) is 2. The number of nitrogens with one attached hydrogen (secondary N) is 1. The van der Waals surface area contributed by atoms with Gasteiger partial charge < -0.3 is 15.2 Å². The molecule has 0 aliphatic carbocycles. The molecule has 1 unspecified atom stereocenters. The summed E-state index contributed by atoms with van der Waals surface area (Å²) in [5.41, 5.74) is 0. The maximum atomic E-state index is 11.0. The molecule has 7 heteroatoms. The fourth-order valence-electron chi connectivity index (χ4n) is 0.923. The smallest absolute Gasteiger partial charge is 0.222 e. The van der Waals surface area contributed by atoms with Gasteiger partial charge in [-0.2, -0.15) is 0 Å². The van der Waals surface area contributed by atoms with Crippen LogP contribution in [0.1, 0.15) is 6.42 Å². The fourth-order valence-corrected chi connectivity index (χ4v) is 1.74. The van der Waals surface area contributed by atoms with Crippen LogP contribution >= 0.6 is 0 Å². The molecule has 0 saturated carbocycles. The molecule has 0 aliphatic rings. The van der Waals surface area contributed by atoms with Crippen LogP contribution in [-0.4, -0.2) is 57.8 Å². The van der Waals surface area contributed by atoms with Crippen LogP contribution in [0.2, 0.25) is 0 Å². The molecule has 0 aromatic heterocycles. The van der Waals surface area contributed by atoms with Crippen molar-refractivity contribution in [3.8, 4) is 0 Å². The lowest BCUT2D eigenvalue weighted by molar-refractivity contribution is -0.122. The number of ether oxygens (including phenoxy) is 1. The van der Waals surface area contributed by atoms with Gasteiger partial charge in [0.1, 0.15) is 9.84 Å². The van der Waals surface area contributed by atoms with Crippen molar-refractivity contribution < 1.29 is 23.1 Å². The second kappa shape index (κ2) is 6.76. The van der Waals surface area contributed by atoms with Crippen molar-refractivity contribution in [3.05, 3.63) is 0 Å². The van der Waals surface area contributed by atoms with Gasteiger partial charge in [-0.15, -0.1) is 0 Å². The lowest BCUT2D eigenvalue weighted by Crippen LogP contribution is -2.36. The third kappa shape index (κ3) is 9.64. The summed E-state index contributed by atoms with van der Waals surface area (Å²) < 4.78 is 26.2. The molecular weight excluding hydrogens is 222 g/mol. The Morgan fingerprint density at radius 2 is 2.13 bits per heavy atom. The van der Waals surface area contributed by atoms with Crippen LogP contribution in [0, 0.1) is 0 Å². The molecule has 90 valence electrons. The van der Waals surface area contributed by atoms with Gasteiger partial charge in [0, 0.05) is 26.3 Å². The molecule has 1 atom stereocenters. The summed E-state index contributed by atoms with van der Waals surface area (Å²) in [7, 11) is -1.74. The maximum absolute atomic E-state index is 11.0. The molecule has 0 spiro atoms. The predicted molar refractivity (Wildman–Crippen MR) is 55.2 cm³/mol. The first-order valence-electron chi connectivity index (χ1n) is 4.46. The standard InChI is InChI=1S/C8H17NO5S/c1-14-4-3-8(11)9-5-7(10)6-15(2,12)13/h7,10H,3-6H2,1-2H3,(H,9,11). The number of aliphatic hydroxyl groups excluding tert-OH is 1. The van der Waals surface area contributed by atoms with E-state index in [0.717, 1.165) is 6.26 Å². The summed E-state index contributed by atoms with van der Waals surface area (Å²) in [6, 6.07) is 0. The molecule has 15 heavy (non-hydrogen) atoms. The van der Waals surface area contributed by atoms with Crippen LogP contribution in [0.4, 0.5) is 0 Å². The lowest BCUT2D eigenvalue weighted by Gasteiger charge is -2.10. The normalized spacial score (nSPS) is 13.5. The monoisotopic (exact) mass is 239 g/mol. The topological polar surface area (TPSA) is 92.7 Å². The molecule has 2 N–H and O–H groups in total. The highest BCUT2D eigenvalue weighted by atomic mass is 32.2. The van der Waals surface area contributed by atoms with E-state index in [1.807, 2.05) is 0 Å². The van der Waals surface area contributed by atoms with E-state index in [0.29, 0.717) is 6.61 Å². The van der Waals surface area contributed by atoms with Gasteiger partial charge in [0.25, 0.3) is 0 Å². The average Bonchev–Trinajstić information content (AvgIpc) is 2.08. The zero-order valence-electron chi connectivity index (χ0n) is 8.89. The summed E-state index contributed by atoms with van der Waals surface area (Å²) in [6.45, 7) is 0.240. The third-order valence-corrected chi connectivity index (χ3v) is 2.55. The first kappa shape index (κ1) is 14.3. The first-order valence-corrected chi connectivity index (χ1v) is 6.52. The van der Waals surface area contributed by atoms with Gasteiger partial charge in [-0.3, -0.25) is 4.79 Å². The molecule has 6 nitrogen and oxygen atoms in total. The van der Waals surface area contributed by atoms with E-state index < -0.39 is 15.9 Å². The SMILES string of the molecule is COCCC(=O)NCC(O)CS(C)(=O)=O. The fraction of sp³-hybridized carbons (Fsp3) is 0.875. The lowest BCUT2D eigenvalue weighted by atomic mass is 10.3. The summed E-state index contributed by atoms with van der Waals surface area (Å²) in [4.78, 5) is 11.0. The van der Waals surface area contributed by atoms with Crippen molar-refractivity contribution in [1.29, 1.82) is 0 Å². The maximum Gasteiger partial charge on any atom is 0.222 e. The summed E-state index contributed by atoms with van der Waals surface area (Å²) in [5.74, 6) is -0.623. The number of sulfone groups is 1. The number of carbonyl (C=O) groups excluding carboxylic acids is 1. The molecule has 0 heterocycles. The molecule has 0 bridgehead atoms. The van der Waals surface area contributed by atoms with Crippen LogP contribution in [0.3, 0.4) is 0 Å². The number of carbonyl (C=O) groups is 1. The van der Waals surface area contributed by atoms with Crippen molar-refractivity contribution in [2.75, 3.05) is 32.3 Å². The Bertz CT molecular complexity index is 287. The van der Waals surface area contributed by atoms with E-state index in [-0.39, 0.29) is 24.6 Å². The second-order valence-corrected chi connectivity index (χ2v) is 5.48. The van der Waals surface area contributed by atoms with Crippen LogP contribution in [0.25, 0.3) is 0 Å². The number of amides is 1. The van der Waals surface area contributed by atoms with Crippen LogP contribution < -0.4 is 5.32 Å². The molecule has 0 rings (SSSR count). The highest BCUT2D eigenvalue weighted by Crippen LogP contribution is 1.90. The molecule has 0 fully saturated rings. The molecule has 0 aromatic rings. The van der Waals surface area contributed by atoms with Gasteiger partial charge in [0.05, 0.1) is 18.5 Å². The Labute approximate surface area is 89.5 Å². The van der Waals surface area contributed by atoms with Crippen LogP contribution in [-0.2, 0) is 19.4 Å². The minimum Gasteiger partial charge on any atom is -0.390 e. The third-order valence-electron chi connectivity index (χ3n) is 1.56. The van der Waals surface area contributed by atoms with Gasteiger partial charge in [-0.05, 0) is 0 Å². The van der Waals surface area contributed by atoms with Crippen LogP contribution in [0.5, 0.6) is 0 Å². The van der Waals surface area contributed by atoms with Crippen molar-refractivity contribution in [3.63, 3.8) is 0 Å². The first-order chi connectivity index (χ1) is 6.85. The highest BCUT2D eigenvalue weighted by Gasteiger charge is 2.12. The van der Waals surface area contributed by atoms with E-state index in [1.54, 1.807) is 0 Å². The summed E-state index contributed by atoms with van der Waals surface area (Å²) >= 11 is 0. The highest BCUT2D eigenvalue weighted by molar-refractivity contribution is 7.90. The summed E-state index contributed by atoms with van der Waals surface area (Å²) in [6.07, 6.45) is 0.164. The molecule has 1 amide bonds. The Morgan fingerprint density at radius 3 is 2.60 bits per heavy atom. The van der Waals surface area contributed by atoms with Crippen molar-refractivity contribution in [1.82, 2.24) is 5.32 Å². The Morgan fingerprint density at radius 1 is 1.53 bits per heavy atom. The van der Waals surface area contributed by atoms with Gasteiger partial charge in [-0.1, -0.05) is 0 Å². The number of hydrogen-bond acceptors (Lipinski definition) is 5. The zero-order chi connectivity index (χ0) is 11.9. The van der Waals surface area contributed by atoms with Gasteiger partial charge in [0.15, 0.2) is 0 Å². The van der Waals surface area contributed by atoms with Crippen LogP contribution in [0.15, 0.2) is 0 Å². The minimum absolute atomic E-state index is 0.0599. The second-order valence-electron chi connectivity index (χ2n) is 3.29. The largest absolute Gasteiger partial charge is 0.390 e. The van der Waals surface area contributed by atoms with E-state index >= 15 is 0 Å². The Kier molecular flexibility index (Phi) is 6.46.